The summed E-state index contributed by atoms with van der Waals surface area (Å²) < 4.78 is 47.8. The molecule has 0 radical (unpaired) electrons. The minimum absolute atomic E-state index is 0.0332. The van der Waals surface area contributed by atoms with Crippen molar-refractivity contribution in [1.82, 2.24) is 10.2 Å². The molecule has 11 heteroatoms. The van der Waals surface area contributed by atoms with Gasteiger partial charge in [-0.2, -0.15) is 0 Å². The van der Waals surface area contributed by atoms with Crippen molar-refractivity contribution in [3.63, 3.8) is 0 Å². The Morgan fingerprint density at radius 2 is 1.56 bits per heavy atom. The van der Waals surface area contributed by atoms with Gasteiger partial charge < -0.3 is 15.0 Å². The smallest absolute Gasteiger partial charge is 0.264 e. The van der Waals surface area contributed by atoms with E-state index < -0.39 is 34.3 Å². The normalized spacial score (nSPS) is 12.7. The Hall–Kier alpha value is -3.63. The van der Waals surface area contributed by atoms with Crippen LogP contribution in [-0.4, -0.2) is 50.4 Å². The third kappa shape index (κ3) is 8.43. The summed E-state index contributed by atoms with van der Waals surface area (Å²) in [6.07, 6.45) is 0.697. The predicted molar refractivity (Wildman–Crippen MR) is 158 cm³/mol. The first-order chi connectivity index (χ1) is 19.5. The molecule has 0 heterocycles. The molecular weight excluding hydrogens is 569 g/mol. The number of anilines is 1. The second kappa shape index (κ2) is 14.3. The molecule has 0 aliphatic heterocycles. The highest BCUT2D eigenvalue weighted by atomic mass is 35.5. The van der Waals surface area contributed by atoms with Crippen molar-refractivity contribution in [3.8, 4) is 5.75 Å². The number of nitrogens with one attached hydrogen (secondary N) is 1. The molecular formula is C30H35ClFN3O5S. The highest BCUT2D eigenvalue weighted by Crippen LogP contribution is 2.26. The van der Waals surface area contributed by atoms with Gasteiger partial charge in [0.2, 0.25) is 11.8 Å². The van der Waals surface area contributed by atoms with Gasteiger partial charge in [0.15, 0.2) is 0 Å². The molecule has 1 N–H and O–H groups in total. The Bertz CT molecular complexity index is 1420. The fraction of sp³-hybridized carbons (Fsp3) is 0.333. The fourth-order valence-electron chi connectivity index (χ4n) is 3.97. The standard InChI is InChI=1S/C30H35ClFN3O5S/c1-5-21(3)33-30(37)22(4)34(19-23-7-9-24(31)10-8-23)29(36)20-35(26-13-11-25(32)12-14-26)41(38,39)28-17-15-27(16-18-28)40-6-2/h7-18,21-22H,5-6,19-20H2,1-4H3,(H,33,37)/t21-,22+/m0/s1. The zero-order valence-electron chi connectivity index (χ0n) is 23.5. The third-order valence-corrected chi connectivity index (χ3v) is 8.59. The zero-order chi connectivity index (χ0) is 30.2. The van der Waals surface area contributed by atoms with Crippen LogP contribution in [0.15, 0.2) is 77.7 Å². The number of rotatable bonds is 13. The van der Waals surface area contributed by atoms with Crippen LogP contribution >= 0.6 is 11.6 Å². The van der Waals surface area contributed by atoms with Gasteiger partial charge in [0.05, 0.1) is 17.2 Å². The van der Waals surface area contributed by atoms with Gasteiger partial charge in [0.1, 0.15) is 24.2 Å². The number of sulfonamides is 1. The maximum atomic E-state index is 13.9. The number of benzene rings is 3. The number of carbonyl (C=O) groups is 2. The van der Waals surface area contributed by atoms with Crippen LogP contribution in [-0.2, 0) is 26.2 Å². The Kier molecular flexibility index (Phi) is 11.1. The number of nitrogens with zero attached hydrogens (tertiary/aromatic N) is 2. The number of carbonyl (C=O) groups excluding carboxylic acids is 2. The minimum atomic E-state index is -4.28. The van der Waals surface area contributed by atoms with E-state index in [4.69, 9.17) is 16.3 Å². The van der Waals surface area contributed by atoms with Crippen LogP contribution < -0.4 is 14.4 Å². The SMILES string of the molecule is CCOc1ccc(S(=O)(=O)N(CC(=O)N(Cc2ccc(Cl)cc2)[C@H](C)C(=O)N[C@@H](C)CC)c2ccc(F)cc2)cc1. The largest absolute Gasteiger partial charge is 0.494 e. The number of halogens is 2. The fourth-order valence-corrected chi connectivity index (χ4v) is 5.51. The molecule has 0 bridgehead atoms. The van der Waals surface area contributed by atoms with Crippen LogP contribution in [0.5, 0.6) is 5.75 Å². The molecule has 0 unspecified atom stereocenters. The lowest BCUT2D eigenvalue weighted by molar-refractivity contribution is -0.139. The molecule has 0 saturated heterocycles. The molecule has 41 heavy (non-hydrogen) atoms. The quantitative estimate of drug-likeness (QED) is 0.282. The van der Waals surface area contributed by atoms with E-state index in [1.165, 1.54) is 41.3 Å². The Balaban J connectivity index is 2.01. The number of hydrogen-bond acceptors (Lipinski definition) is 5. The van der Waals surface area contributed by atoms with E-state index in [1.54, 1.807) is 31.2 Å². The van der Waals surface area contributed by atoms with Gasteiger partial charge in [-0.25, -0.2) is 12.8 Å². The molecule has 0 aliphatic rings. The van der Waals surface area contributed by atoms with E-state index in [-0.39, 0.29) is 29.1 Å². The average molecular weight is 604 g/mol. The second-order valence-electron chi connectivity index (χ2n) is 9.53. The molecule has 220 valence electrons. The average Bonchev–Trinajstić information content (AvgIpc) is 2.96. The molecule has 8 nitrogen and oxygen atoms in total. The Labute approximate surface area is 246 Å². The van der Waals surface area contributed by atoms with Crippen molar-refractivity contribution in [2.75, 3.05) is 17.5 Å². The number of hydrogen-bond donors (Lipinski definition) is 1. The first kappa shape index (κ1) is 31.9. The summed E-state index contributed by atoms with van der Waals surface area (Å²) in [6, 6.07) is 16.4. The summed E-state index contributed by atoms with van der Waals surface area (Å²) in [4.78, 5) is 28.2. The van der Waals surface area contributed by atoms with Gasteiger partial charge in [-0.05, 0) is 93.4 Å². The van der Waals surface area contributed by atoms with Gasteiger partial charge in [0, 0.05) is 17.6 Å². The molecule has 0 spiro atoms. The van der Waals surface area contributed by atoms with Crippen LogP contribution in [0.2, 0.25) is 5.02 Å². The van der Waals surface area contributed by atoms with Gasteiger partial charge in [-0.1, -0.05) is 30.7 Å². The lowest BCUT2D eigenvalue weighted by Crippen LogP contribution is -2.52. The zero-order valence-corrected chi connectivity index (χ0v) is 25.1. The van der Waals surface area contributed by atoms with Crippen LogP contribution in [0.4, 0.5) is 10.1 Å². The van der Waals surface area contributed by atoms with E-state index in [1.807, 2.05) is 20.8 Å². The summed E-state index contributed by atoms with van der Waals surface area (Å²) in [7, 11) is -4.28. The predicted octanol–water partition coefficient (Wildman–Crippen LogP) is 5.41. The van der Waals surface area contributed by atoms with Crippen LogP contribution in [0.25, 0.3) is 0 Å². The molecule has 0 aliphatic carbocycles. The van der Waals surface area contributed by atoms with E-state index in [0.717, 1.165) is 16.4 Å². The van der Waals surface area contributed by atoms with Crippen molar-refractivity contribution in [1.29, 1.82) is 0 Å². The summed E-state index contributed by atoms with van der Waals surface area (Å²) in [5.74, 6) is -1.06. The highest BCUT2D eigenvalue weighted by Gasteiger charge is 2.33. The Morgan fingerprint density at radius 1 is 0.951 bits per heavy atom. The van der Waals surface area contributed by atoms with Crippen molar-refractivity contribution in [2.45, 2.75) is 57.6 Å². The first-order valence-electron chi connectivity index (χ1n) is 13.3. The molecule has 3 aromatic carbocycles. The van der Waals surface area contributed by atoms with Gasteiger partial charge >= 0.3 is 0 Å². The number of amides is 2. The van der Waals surface area contributed by atoms with Gasteiger partial charge in [-0.3, -0.25) is 13.9 Å². The van der Waals surface area contributed by atoms with Crippen LogP contribution in [0, 0.1) is 5.82 Å². The molecule has 3 aromatic rings. The summed E-state index contributed by atoms with van der Waals surface area (Å²) in [5.41, 5.74) is 0.797. The topological polar surface area (TPSA) is 96.0 Å². The minimum Gasteiger partial charge on any atom is -0.494 e. The maximum Gasteiger partial charge on any atom is 0.264 e. The van der Waals surface area contributed by atoms with E-state index in [2.05, 4.69) is 5.32 Å². The molecule has 2 atom stereocenters. The monoisotopic (exact) mass is 603 g/mol. The van der Waals surface area contributed by atoms with Gasteiger partial charge in [0.25, 0.3) is 10.0 Å². The van der Waals surface area contributed by atoms with Crippen molar-refractivity contribution in [3.05, 3.63) is 89.2 Å². The lowest BCUT2D eigenvalue weighted by atomic mass is 10.1. The molecule has 0 fully saturated rings. The Morgan fingerprint density at radius 3 is 2.12 bits per heavy atom. The first-order valence-corrected chi connectivity index (χ1v) is 15.1. The molecule has 2 amide bonds. The van der Waals surface area contributed by atoms with E-state index >= 15 is 0 Å². The summed E-state index contributed by atoms with van der Waals surface area (Å²) in [5, 5.41) is 3.40. The number of ether oxygens (including phenoxy) is 1. The van der Waals surface area contributed by atoms with E-state index in [9.17, 15) is 22.4 Å². The summed E-state index contributed by atoms with van der Waals surface area (Å²) >= 11 is 6.03. The maximum absolute atomic E-state index is 13.9. The van der Waals surface area contributed by atoms with Crippen molar-refractivity contribution in [2.24, 2.45) is 0 Å². The summed E-state index contributed by atoms with van der Waals surface area (Å²) in [6.45, 7) is 7.01. The van der Waals surface area contributed by atoms with Crippen molar-refractivity contribution < 1.29 is 27.1 Å². The van der Waals surface area contributed by atoms with Crippen LogP contribution in [0.1, 0.15) is 39.7 Å². The van der Waals surface area contributed by atoms with Gasteiger partial charge in [-0.15, -0.1) is 0 Å². The molecule has 0 saturated carbocycles. The van der Waals surface area contributed by atoms with Crippen molar-refractivity contribution >= 4 is 39.1 Å². The van der Waals surface area contributed by atoms with Crippen LogP contribution in [0.3, 0.4) is 0 Å². The van der Waals surface area contributed by atoms with E-state index in [0.29, 0.717) is 29.4 Å². The molecule has 3 rings (SSSR count). The molecule has 0 aromatic heterocycles. The lowest BCUT2D eigenvalue weighted by Gasteiger charge is -2.32. The second-order valence-corrected chi connectivity index (χ2v) is 11.8. The highest BCUT2D eigenvalue weighted by molar-refractivity contribution is 7.92. The third-order valence-electron chi connectivity index (χ3n) is 6.55.